The number of imide groups is 1. The Morgan fingerprint density at radius 3 is 2.62 bits per heavy atom. The molecular formula is C19H12N4O6. The summed E-state index contributed by atoms with van der Waals surface area (Å²) in [7, 11) is 0. The maximum Gasteiger partial charge on any atom is 0.311 e. The SMILES string of the molecule is O=C1NC(=O)C(c2c[nH]c3ccccc23)=C1NC(=O)c1ccc(O)c([N+](=O)[O-])c1. The molecule has 3 amide bonds. The van der Waals surface area contributed by atoms with E-state index in [9.17, 15) is 29.6 Å². The van der Waals surface area contributed by atoms with Gasteiger partial charge in [0.15, 0.2) is 5.75 Å². The number of hydrogen-bond donors (Lipinski definition) is 4. The van der Waals surface area contributed by atoms with Crippen LogP contribution in [0.2, 0.25) is 0 Å². The predicted octanol–water partition coefficient (Wildman–Crippen LogP) is 1.58. The van der Waals surface area contributed by atoms with Gasteiger partial charge in [-0.15, -0.1) is 0 Å². The van der Waals surface area contributed by atoms with Gasteiger partial charge in [0.2, 0.25) is 0 Å². The zero-order valence-corrected chi connectivity index (χ0v) is 14.6. The number of nitrogens with one attached hydrogen (secondary N) is 3. The number of aromatic amines is 1. The van der Waals surface area contributed by atoms with Crippen molar-refractivity contribution in [3.8, 4) is 5.75 Å². The third-order valence-corrected chi connectivity index (χ3v) is 4.46. The molecule has 0 spiro atoms. The molecule has 0 saturated heterocycles. The van der Waals surface area contributed by atoms with Crippen LogP contribution in [0.5, 0.6) is 5.75 Å². The van der Waals surface area contributed by atoms with Crippen molar-refractivity contribution in [2.24, 2.45) is 0 Å². The van der Waals surface area contributed by atoms with E-state index in [4.69, 9.17) is 0 Å². The first-order valence-corrected chi connectivity index (χ1v) is 8.32. The van der Waals surface area contributed by atoms with Crippen LogP contribution < -0.4 is 10.6 Å². The third-order valence-electron chi connectivity index (χ3n) is 4.46. The maximum atomic E-state index is 12.6. The van der Waals surface area contributed by atoms with Crippen LogP contribution >= 0.6 is 0 Å². The number of carbonyl (C=O) groups is 3. The molecule has 2 aromatic carbocycles. The Morgan fingerprint density at radius 2 is 1.86 bits per heavy atom. The molecule has 10 heteroatoms. The topological polar surface area (TPSA) is 154 Å². The number of fused-ring (bicyclic) bond motifs is 1. The van der Waals surface area contributed by atoms with Gasteiger partial charge in [0.25, 0.3) is 17.7 Å². The smallest absolute Gasteiger partial charge is 0.311 e. The van der Waals surface area contributed by atoms with Gasteiger partial charge in [0.1, 0.15) is 5.70 Å². The molecule has 29 heavy (non-hydrogen) atoms. The molecule has 4 rings (SSSR count). The summed E-state index contributed by atoms with van der Waals surface area (Å²) < 4.78 is 0. The fourth-order valence-electron chi connectivity index (χ4n) is 3.11. The summed E-state index contributed by atoms with van der Waals surface area (Å²) in [5, 5.41) is 25.7. The van der Waals surface area contributed by atoms with Gasteiger partial charge in [-0.2, -0.15) is 0 Å². The van der Waals surface area contributed by atoms with Crippen LogP contribution in [-0.2, 0) is 9.59 Å². The fourth-order valence-corrected chi connectivity index (χ4v) is 3.11. The second-order valence-corrected chi connectivity index (χ2v) is 6.20. The van der Waals surface area contributed by atoms with E-state index in [1.165, 1.54) is 0 Å². The number of nitro benzene ring substituents is 1. The summed E-state index contributed by atoms with van der Waals surface area (Å²) in [6.07, 6.45) is 1.55. The van der Waals surface area contributed by atoms with E-state index < -0.39 is 34.1 Å². The van der Waals surface area contributed by atoms with Crippen LogP contribution in [0.1, 0.15) is 15.9 Å². The highest BCUT2D eigenvalue weighted by Crippen LogP contribution is 2.30. The summed E-state index contributed by atoms with van der Waals surface area (Å²) >= 11 is 0. The highest BCUT2D eigenvalue weighted by Gasteiger charge is 2.34. The van der Waals surface area contributed by atoms with Crippen molar-refractivity contribution in [2.45, 2.75) is 0 Å². The van der Waals surface area contributed by atoms with Gasteiger partial charge in [0.05, 0.1) is 10.5 Å². The molecule has 1 aliphatic rings. The molecule has 4 N–H and O–H groups in total. The molecular weight excluding hydrogens is 380 g/mol. The molecule has 1 aliphatic heterocycles. The van der Waals surface area contributed by atoms with E-state index in [0.717, 1.165) is 23.7 Å². The maximum absolute atomic E-state index is 12.6. The van der Waals surface area contributed by atoms with Gasteiger partial charge in [-0.05, 0) is 18.2 Å². The number of aromatic nitrogens is 1. The minimum Gasteiger partial charge on any atom is -0.502 e. The largest absolute Gasteiger partial charge is 0.502 e. The van der Waals surface area contributed by atoms with Gasteiger partial charge < -0.3 is 15.4 Å². The van der Waals surface area contributed by atoms with Crippen LogP contribution in [0.15, 0.2) is 54.4 Å². The lowest BCUT2D eigenvalue weighted by Crippen LogP contribution is -2.30. The van der Waals surface area contributed by atoms with Gasteiger partial charge in [-0.3, -0.25) is 29.8 Å². The lowest BCUT2D eigenvalue weighted by molar-refractivity contribution is -0.385. The zero-order chi connectivity index (χ0) is 20.7. The number of para-hydroxylation sites is 1. The minimum absolute atomic E-state index is 0.0194. The molecule has 3 aromatic rings. The second-order valence-electron chi connectivity index (χ2n) is 6.20. The Balaban J connectivity index is 1.77. The number of benzene rings is 2. The van der Waals surface area contributed by atoms with E-state index in [-0.39, 0.29) is 16.8 Å². The number of hydrogen-bond acceptors (Lipinski definition) is 6. The van der Waals surface area contributed by atoms with Gasteiger partial charge >= 0.3 is 5.69 Å². The van der Waals surface area contributed by atoms with Gasteiger partial charge in [0, 0.05) is 34.3 Å². The molecule has 144 valence electrons. The van der Waals surface area contributed by atoms with E-state index in [2.05, 4.69) is 15.6 Å². The highest BCUT2D eigenvalue weighted by atomic mass is 16.6. The molecule has 10 nitrogen and oxygen atoms in total. The second kappa shape index (κ2) is 6.60. The number of H-pyrrole nitrogens is 1. The molecule has 0 fully saturated rings. The van der Waals surface area contributed by atoms with E-state index >= 15 is 0 Å². The monoisotopic (exact) mass is 392 g/mol. The Hall–Kier alpha value is -4.47. The van der Waals surface area contributed by atoms with Crippen molar-refractivity contribution in [1.29, 1.82) is 0 Å². The molecule has 0 saturated carbocycles. The fraction of sp³-hybridized carbons (Fsp3) is 0. The lowest BCUT2D eigenvalue weighted by atomic mass is 10.0. The number of nitro groups is 1. The van der Waals surface area contributed by atoms with Crippen LogP contribution in [0.3, 0.4) is 0 Å². The first-order valence-electron chi connectivity index (χ1n) is 8.32. The molecule has 0 unspecified atom stereocenters. The average molecular weight is 392 g/mol. The van der Waals surface area contributed by atoms with Crippen molar-refractivity contribution in [3.63, 3.8) is 0 Å². The predicted molar refractivity (Wildman–Crippen MR) is 101 cm³/mol. The van der Waals surface area contributed by atoms with Crippen molar-refractivity contribution >= 4 is 39.9 Å². The van der Waals surface area contributed by atoms with E-state index in [1.807, 2.05) is 0 Å². The number of rotatable bonds is 4. The lowest BCUT2D eigenvalue weighted by Gasteiger charge is -2.07. The zero-order valence-electron chi connectivity index (χ0n) is 14.6. The Kier molecular flexibility index (Phi) is 4.08. The number of phenols is 1. The number of aromatic hydroxyl groups is 1. The number of carbonyl (C=O) groups excluding carboxylic acids is 3. The highest BCUT2D eigenvalue weighted by molar-refractivity contribution is 6.38. The van der Waals surface area contributed by atoms with Crippen molar-refractivity contribution in [1.82, 2.24) is 15.6 Å². The quantitative estimate of drug-likeness (QED) is 0.300. The Labute approximate surface area is 162 Å². The summed E-state index contributed by atoms with van der Waals surface area (Å²) in [5.41, 5.74) is 0.0651. The van der Waals surface area contributed by atoms with E-state index in [1.54, 1.807) is 30.5 Å². The molecule has 0 radical (unpaired) electrons. The van der Waals surface area contributed by atoms with Gasteiger partial charge in [-0.25, -0.2) is 0 Å². The van der Waals surface area contributed by atoms with Crippen molar-refractivity contribution in [3.05, 3.63) is 75.6 Å². The summed E-state index contributed by atoms with van der Waals surface area (Å²) in [6.45, 7) is 0. The van der Waals surface area contributed by atoms with Crippen LogP contribution in [0, 0.1) is 10.1 Å². The van der Waals surface area contributed by atoms with Crippen LogP contribution in [-0.4, -0.2) is 32.7 Å². The van der Waals surface area contributed by atoms with Crippen molar-refractivity contribution < 1.29 is 24.4 Å². The summed E-state index contributed by atoms with van der Waals surface area (Å²) in [6, 6.07) is 10.2. The van der Waals surface area contributed by atoms with Crippen molar-refractivity contribution in [2.75, 3.05) is 0 Å². The molecule has 0 aliphatic carbocycles. The van der Waals surface area contributed by atoms with Crippen LogP contribution in [0.25, 0.3) is 16.5 Å². The summed E-state index contributed by atoms with van der Waals surface area (Å²) in [4.78, 5) is 50.3. The Bertz CT molecular complexity index is 1260. The molecule has 1 aromatic heterocycles. The summed E-state index contributed by atoms with van der Waals surface area (Å²) in [5.74, 6) is -2.91. The number of nitrogens with zero attached hydrogens (tertiary/aromatic N) is 1. The first kappa shape index (κ1) is 17.9. The third kappa shape index (κ3) is 2.98. The molecule has 0 bridgehead atoms. The normalized spacial score (nSPS) is 13.7. The Morgan fingerprint density at radius 1 is 1.10 bits per heavy atom. The molecule has 0 atom stereocenters. The number of amides is 3. The van der Waals surface area contributed by atoms with Crippen LogP contribution in [0.4, 0.5) is 5.69 Å². The average Bonchev–Trinajstić information content (AvgIpc) is 3.22. The minimum atomic E-state index is -0.842. The van der Waals surface area contributed by atoms with Gasteiger partial charge in [-0.1, -0.05) is 18.2 Å². The number of phenolic OH excluding ortho intramolecular Hbond substituents is 1. The van der Waals surface area contributed by atoms with E-state index in [0.29, 0.717) is 10.9 Å². The first-order chi connectivity index (χ1) is 13.9. The standard InChI is InChI=1S/C19H12N4O6/c24-14-6-5-9(7-13(14)23(28)29)17(25)21-16-15(18(26)22-19(16)27)11-8-20-12-4-2-1-3-10(11)12/h1-8,20,24H,(H2,21,22,25,26,27). The molecule has 2 heterocycles.